The number of rotatable bonds is 5. The third-order valence-electron chi connectivity index (χ3n) is 6.35. The fourth-order valence-corrected chi connectivity index (χ4v) is 12.6. The summed E-state index contributed by atoms with van der Waals surface area (Å²) in [5, 5.41) is 5.71. The van der Waals surface area contributed by atoms with E-state index in [1.165, 1.54) is 16.1 Å². The summed E-state index contributed by atoms with van der Waals surface area (Å²) in [5.74, 6) is 0.294. The standard InChI is InChI=1S/C26H37ClN4O2Si/c1-24(2,3)31-23(32)22(27)21(16-29-31)33-17-19-10-12-20(13-11-19)34(25(4,5)6,26(7,8)9)30-15-14-28-18-30/h10-16,18H,17H2,1-9H3. The molecule has 0 bridgehead atoms. The molecule has 0 spiro atoms. The SMILES string of the molecule is CC(C)(C)n1ncc(OCc2ccc([Si](n3ccnc3)(C(C)(C)C)C(C)(C)C)cc2)c(Cl)c1=O. The molecule has 1 aromatic carbocycles. The van der Waals surface area contributed by atoms with Gasteiger partial charge in [0, 0.05) is 12.4 Å². The number of nitrogens with zero attached hydrogens (tertiary/aromatic N) is 4. The normalized spacial score (nSPS) is 13.2. The van der Waals surface area contributed by atoms with Crippen molar-refractivity contribution < 1.29 is 4.74 Å². The Bertz CT molecular complexity index is 1170. The summed E-state index contributed by atoms with van der Waals surface area (Å²) in [7, 11) is -2.31. The van der Waals surface area contributed by atoms with Crippen LogP contribution in [-0.2, 0) is 12.1 Å². The molecule has 34 heavy (non-hydrogen) atoms. The van der Waals surface area contributed by atoms with Gasteiger partial charge in [0.2, 0.25) is 8.24 Å². The number of benzene rings is 1. The predicted octanol–water partition coefficient (Wildman–Crippen LogP) is 5.73. The van der Waals surface area contributed by atoms with Crippen LogP contribution in [0.1, 0.15) is 67.9 Å². The fourth-order valence-electron chi connectivity index (χ4n) is 5.37. The molecular formula is C26H37ClN4O2Si. The monoisotopic (exact) mass is 500 g/mol. The molecular weight excluding hydrogens is 464 g/mol. The second-order valence-corrected chi connectivity index (χ2v) is 17.8. The van der Waals surface area contributed by atoms with E-state index in [9.17, 15) is 4.79 Å². The minimum Gasteiger partial charge on any atom is -0.485 e. The Kier molecular flexibility index (Phi) is 6.94. The molecule has 8 heteroatoms. The molecule has 0 aliphatic rings. The van der Waals surface area contributed by atoms with E-state index in [4.69, 9.17) is 16.3 Å². The van der Waals surface area contributed by atoms with Crippen molar-refractivity contribution in [3.05, 3.63) is 70.1 Å². The molecule has 184 valence electrons. The number of aromatic nitrogens is 4. The molecule has 3 aromatic rings. The molecule has 6 nitrogen and oxygen atoms in total. The van der Waals surface area contributed by atoms with Crippen LogP contribution in [0.4, 0.5) is 0 Å². The lowest BCUT2D eigenvalue weighted by molar-refractivity contribution is 0.292. The summed E-state index contributed by atoms with van der Waals surface area (Å²) in [6.07, 6.45) is 7.45. The zero-order chi connectivity index (χ0) is 25.5. The summed E-state index contributed by atoms with van der Waals surface area (Å²) in [6, 6.07) is 8.64. The second kappa shape index (κ2) is 9.00. The lowest BCUT2D eigenvalue weighted by Gasteiger charge is -2.52. The molecule has 0 N–H and O–H groups in total. The van der Waals surface area contributed by atoms with E-state index in [2.05, 4.69) is 86.3 Å². The molecule has 0 saturated heterocycles. The van der Waals surface area contributed by atoms with Gasteiger partial charge in [-0.05, 0) is 41.6 Å². The molecule has 0 aliphatic heterocycles. The van der Waals surface area contributed by atoms with Gasteiger partial charge in [0.15, 0.2) is 10.8 Å². The Morgan fingerprint density at radius 1 is 0.971 bits per heavy atom. The Morgan fingerprint density at radius 2 is 1.56 bits per heavy atom. The van der Waals surface area contributed by atoms with Gasteiger partial charge in [-0.2, -0.15) is 5.10 Å². The predicted molar refractivity (Wildman–Crippen MR) is 142 cm³/mol. The van der Waals surface area contributed by atoms with E-state index >= 15 is 0 Å². The van der Waals surface area contributed by atoms with Gasteiger partial charge >= 0.3 is 0 Å². The third-order valence-corrected chi connectivity index (χ3v) is 13.2. The van der Waals surface area contributed by atoms with E-state index in [-0.39, 0.29) is 20.7 Å². The van der Waals surface area contributed by atoms with Crippen molar-refractivity contribution >= 4 is 25.0 Å². The first-order chi connectivity index (χ1) is 15.6. The summed E-state index contributed by atoms with van der Waals surface area (Å²) in [4.78, 5) is 17.0. The topological polar surface area (TPSA) is 61.9 Å². The summed E-state index contributed by atoms with van der Waals surface area (Å²) < 4.78 is 9.63. The maximum Gasteiger partial charge on any atom is 0.289 e. The Hall–Kier alpha value is -2.38. The van der Waals surface area contributed by atoms with Gasteiger partial charge in [0.25, 0.3) is 5.56 Å². The van der Waals surface area contributed by atoms with Crippen LogP contribution in [0.2, 0.25) is 15.1 Å². The van der Waals surface area contributed by atoms with Crippen LogP contribution in [-0.4, -0.2) is 27.2 Å². The van der Waals surface area contributed by atoms with Gasteiger partial charge < -0.3 is 8.97 Å². The zero-order valence-corrected chi connectivity index (χ0v) is 23.6. The van der Waals surface area contributed by atoms with Gasteiger partial charge in [-0.3, -0.25) is 4.79 Å². The first-order valence-corrected chi connectivity index (χ1v) is 13.9. The van der Waals surface area contributed by atoms with Gasteiger partial charge in [0.1, 0.15) is 6.61 Å². The molecule has 0 amide bonds. The van der Waals surface area contributed by atoms with Gasteiger partial charge in [-0.25, -0.2) is 9.67 Å². The van der Waals surface area contributed by atoms with E-state index in [1.54, 1.807) is 0 Å². The minimum absolute atomic E-state index is 0.0418. The maximum absolute atomic E-state index is 12.6. The highest BCUT2D eigenvalue weighted by atomic mass is 35.5. The quantitative estimate of drug-likeness (QED) is 0.420. The van der Waals surface area contributed by atoms with Crippen LogP contribution in [0.5, 0.6) is 5.75 Å². The van der Waals surface area contributed by atoms with Crippen molar-refractivity contribution in [1.82, 2.24) is 19.0 Å². The molecule has 0 atom stereocenters. The lowest BCUT2D eigenvalue weighted by Crippen LogP contribution is -2.66. The van der Waals surface area contributed by atoms with E-state index < -0.39 is 13.8 Å². The zero-order valence-electron chi connectivity index (χ0n) is 21.8. The van der Waals surface area contributed by atoms with Crippen molar-refractivity contribution in [2.45, 2.75) is 84.5 Å². The third kappa shape index (κ3) is 4.60. The van der Waals surface area contributed by atoms with Gasteiger partial charge in [-0.1, -0.05) is 77.4 Å². The van der Waals surface area contributed by atoms with Gasteiger partial charge in [-0.15, -0.1) is 0 Å². The molecule has 0 unspecified atom stereocenters. The summed E-state index contributed by atoms with van der Waals surface area (Å²) in [5.41, 5.74) is 0.186. The number of imidazole rings is 1. The molecule has 2 heterocycles. The molecule has 0 saturated carbocycles. The van der Waals surface area contributed by atoms with Crippen LogP contribution in [0.3, 0.4) is 0 Å². The van der Waals surface area contributed by atoms with Crippen LogP contribution in [0.25, 0.3) is 0 Å². The highest BCUT2D eigenvalue weighted by Gasteiger charge is 2.56. The van der Waals surface area contributed by atoms with E-state index in [0.717, 1.165) is 5.56 Å². The highest BCUT2D eigenvalue weighted by Crippen LogP contribution is 2.51. The molecule has 0 fully saturated rings. The number of halogens is 1. The van der Waals surface area contributed by atoms with Crippen molar-refractivity contribution in [2.24, 2.45) is 0 Å². The Morgan fingerprint density at radius 3 is 2.03 bits per heavy atom. The Balaban J connectivity index is 1.93. The van der Waals surface area contributed by atoms with Crippen molar-refractivity contribution in [3.63, 3.8) is 0 Å². The minimum atomic E-state index is -2.31. The fraction of sp³-hybridized carbons (Fsp3) is 0.500. The Labute approximate surface area is 209 Å². The first kappa shape index (κ1) is 26.2. The van der Waals surface area contributed by atoms with Crippen molar-refractivity contribution in [3.8, 4) is 5.75 Å². The molecule has 0 radical (unpaired) electrons. The molecule has 0 aliphatic carbocycles. The van der Waals surface area contributed by atoms with Crippen LogP contribution < -0.4 is 15.5 Å². The average Bonchev–Trinajstić information content (AvgIpc) is 3.22. The van der Waals surface area contributed by atoms with E-state index in [1.807, 2.05) is 33.3 Å². The van der Waals surface area contributed by atoms with Crippen LogP contribution in [0.15, 0.2) is 54.0 Å². The summed E-state index contributed by atoms with van der Waals surface area (Å²) >= 11 is 6.31. The molecule has 2 aromatic heterocycles. The number of hydrogen-bond donors (Lipinski definition) is 0. The molecule has 3 rings (SSSR count). The van der Waals surface area contributed by atoms with E-state index in [0.29, 0.717) is 12.4 Å². The van der Waals surface area contributed by atoms with Gasteiger partial charge in [0.05, 0.1) is 18.1 Å². The second-order valence-electron chi connectivity index (χ2n) is 11.9. The first-order valence-electron chi connectivity index (χ1n) is 11.6. The van der Waals surface area contributed by atoms with Crippen molar-refractivity contribution in [1.29, 1.82) is 0 Å². The lowest BCUT2D eigenvalue weighted by atomic mass is 10.1. The van der Waals surface area contributed by atoms with Crippen LogP contribution in [0, 0.1) is 0 Å². The number of hydrogen-bond acceptors (Lipinski definition) is 4. The maximum atomic E-state index is 12.6. The van der Waals surface area contributed by atoms with Crippen LogP contribution >= 0.6 is 11.6 Å². The average molecular weight is 501 g/mol. The largest absolute Gasteiger partial charge is 0.485 e. The smallest absolute Gasteiger partial charge is 0.289 e. The summed E-state index contributed by atoms with van der Waals surface area (Å²) in [6.45, 7) is 20.0. The highest BCUT2D eigenvalue weighted by molar-refractivity contribution is 6.95. The van der Waals surface area contributed by atoms with Crippen molar-refractivity contribution in [2.75, 3.05) is 0 Å². The number of ether oxygens (including phenoxy) is 1.